The van der Waals surface area contributed by atoms with Crippen LogP contribution in [0.2, 0.25) is 0 Å². The second kappa shape index (κ2) is 5.05. The number of nitrogens with zero attached hydrogens (tertiary/aromatic N) is 2. The van der Waals surface area contributed by atoms with E-state index in [0.717, 1.165) is 19.4 Å². The molecule has 1 saturated carbocycles. The number of pyridine rings is 1. The molecule has 0 aromatic carbocycles. The summed E-state index contributed by atoms with van der Waals surface area (Å²) >= 11 is 0. The molecule has 19 heavy (non-hydrogen) atoms. The summed E-state index contributed by atoms with van der Waals surface area (Å²) in [4.78, 5) is 17.1. The molecule has 0 saturated heterocycles. The van der Waals surface area contributed by atoms with Gasteiger partial charge in [0.15, 0.2) is 0 Å². The van der Waals surface area contributed by atoms with Gasteiger partial charge in [-0.25, -0.2) is 9.78 Å². The Morgan fingerprint density at radius 3 is 2.68 bits per heavy atom. The second-order valence-corrected chi connectivity index (χ2v) is 5.29. The molecule has 6 nitrogen and oxygen atoms in total. The van der Waals surface area contributed by atoms with E-state index in [1.54, 1.807) is 0 Å². The van der Waals surface area contributed by atoms with Crippen LogP contribution in [0.15, 0.2) is 12.3 Å². The molecular formula is C13H20N4O2. The molecule has 1 aromatic heterocycles. The Balaban J connectivity index is 2.06. The molecule has 4 N–H and O–H groups in total. The fourth-order valence-electron chi connectivity index (χ4n) is 2.36. The van der Waals surface area contributed by atoms with Crippen molar-refractivity contribution in [2.45, 2.75) is 24.8 Å². The lowest BCUT2D eigenvalue weighted by Gasteiger charge is -2.47. The standard InChI is InChI=1S/C13H20N4O2/c1-17(2)13(4-3-5-13)8-16-11-10(14)6-9(7-15-11)12(18)19/h6-7H,3-5,8,14H2,1-2H3,(H,15,16)(H,18,19). The van der Waals surface area contributed by atoms with Gasteiger partial charge in [-0.05, 0) is 39.4 Å². The first-order valence-corrected chi connectivity index (χ1v) is 6.35. The zero-order chi connectivity index (χ0) is 14.0. The van der Waals surface area contributed by atoms with Crippen molar-refractivity contribution in [3.05, 3.63) is 17.8 Å². The van der Waals surface area contributed by atoms with Crippen LogP contribution in [0.25, 0.3) is 0 Å². The first-order chi connectivity index (χ1) is 8.94. The molecular weight excluding hydrogens is 244 g/mol. The number of nitrogen functional groups attached to an aromatic ring is 1. The van der Waals surface area contributed by atoms with Crippen LogP contribution in [0.3, 0.4) is 0 Å². The summed E-state index contributed by atoms with van der Waals surface area (Å²) in [6.45, 7) is 0.767. The van der Waals surface area contributed by atoms with E-state index in [2.05, 4.69) is 29.3 Å². The molecule has 2 rings (SSSR count). The lowest BCUT2D eigenvalue weighted by molar-refractivity contribution is 0.0696. The number of aromatic nitrogens is 1. The number of carboxylic acid groups (broad SMARTS) is 1. The van der Waals surface area contributed by atoms with E-state index in [9.17, 15) is 4.79 Å². The second-order valence-electron chi connectivity index (χ2n) is 5.29. The van der Waals surface area contributed by atoms with Gasteiger partial charge in [-0.2, -0.15) is 0 Å². The van der Waals surface area contributed by atoms with Gasteiger partial charge in [-0.3, -0.25) is 0 Å². The third-order valence-electron chi connectivity index (χ3n) is 3.98. The fraction of sp³-hybridized carbons (Fsp3) is 0.538. The van der Waals surface area contributed by atoms with Crippen LogP contribution in [0.1, 0.15) is 29.6 Å². The molecule has 6 heteroatoms. The molecule has 104 valence electrons. The van der Waals surface area contributed by atoms with Crippen molar-refractivity contribution in [1.82, 2.24) is 9.88 Å². The van der Waals surface area contributed by atoms with Gasteiger partial charge in [0.25, 0.3) is 0 Å². The van der Waals surface area contributed by atoms with E-state index in [4.69, 9.17) is 10.8 Å². The topological polar surface area (TPSA) is 91.5 Å². The third kappa shape index (κ3) is 2.63. The van der Waals surface area contributed by atoms with Crippen molar-refractivity contribution in [3.8, 4) is 0 Å². The van der Waals surface area contributed by atoms with Gasteiger partial charge in [0.2, 0.25) is 0 Å². The largest absolute Gasteiger partial charge is 0.478 e. The molecule has 1 heterocycles. The molecule has 1 aliphatic carbocycles. The summed E-state index contributed by atoms with van der Waals surface area (Å²) in [5.41, 5.74) is 6.46. The highest BCUT2D eigenvalue weighted by Crippen LogP contribution is 2.36. The fourth-order valence-corrected chi connectivity index (χ4v) is 2.36. The van der Waals surface area contributed by atoms with Crippen molar-refractivity contribution in [2.24, 2.45) is 0 Å². The monoisotopic (exact) mass is 264 g/mol. The predicted molar refractivity (Wildman–Crippen MR) is 74.4 cm³/mol. The van der Waals surface area contributed by atoms with E-state index in [-0.39, 0.29) is 11.1 Å². The quantitative estimate of drug-likeness (QED) is 0.741. The Morgan fingerprint density at radius 2 is 2.26 bits per heavy atom. The molecule has 1 fully saturated rings. The number of rotatable bonds is 5. The Morgan fingerprint density at radius 1 is 1.58 bits per heavy atom. The average Bonchev–Trinajstić information content (AvgIpc) is 2.28. The molecule has 0 amide bonds. The van der Waals surface area contributed by atoms with Crippen molar-refractivity contribution in [2.75, 3.05) is 31.7 Å². The number of carbonyl (C=O) groups is 1. The predicted octanol–water partition coefficient (Wildman–Crippen LogP) is 1.26. The number of likely N-dealkylation sites (N-methyl/N-ethyl adjacent to an activating group) is 1. The third-order valence-corrected chi connectivity index (χ3v) is 3.98. The highest BCUT2D eigenvalue weighted by Gasteiger charge is 2.38. The molecule has 0 unspecified atom stereocenters. The lowest BCUT2D eigenvalue weighted by atomic mass is 9.75. The normalized spacial score (nSPS) is 17.0. The Kier molecular flexibility index (Phi) is 3.61. The van der Waals surface area contributed by atoms with Crippen LogP contribution in [0, 0.1) is 0 Å². The van der Waals surface area contributed by atoms with Gasteiger partial charge < -0.3 is 21.1 Å². The molecule has 1 aromatic rings. The van der Waals surface area contributed by atoms with Gasteiger partial charge in [0.05, 0.1) is 11.3 Å². The van der Waals surface area contributed by atoms with Crippen molar-refractivity contribution >= 4 is 17.5 Å². The smallest absolute Gasteiger partial charge is 0.337 e. The molecule has 0 spiro atoms. The minimum Gasteiger partial charge on any atom is -0.478 e. The molecule has 0 atom stereocenters. The van der Waals surface area contributed by atoms with Crippen LogP contribution < -0.4 is 11.1 Å². The summed E-state index contributed by atoms with van der Waals surface area (Å²) in [6.07, 6.45) is 4.87. The lowest BCUT2D eigenvalue weighted by Crippen LogP contribution is -2.54. The summed E-state index contributed by atoms with van der Waals surface area (Å²) in [6, 6.07) is 1.43. The maximum absolute atomic E-state index is 10.8. The summed E-state index contributed by atoms with van der Waals surface area (Å²) in [5.74, 6) is -0.465. The number of anilines is 2. The van der Waals surface area contributed by atoms with Crippen molar-refractivity contribution in [1.29, 1.82) is 0 Å². The van der Waals surface area contributed by atoms with E-state index in [0.29, 0.717) is 11.5 Å². The van der Waals surface area contributed by atoms with Gasteiger partial charge in [-0.1, -0.05) is 0 Å². The number of nitrogens with one attached hydrogen (secondary N) is 1. The Bertz CT molecular complexity index is 484. The number of hydrogen-bond donors (Lipinski definition) is 3. The SMILES string of the molecule is CN(C)C1(CNc2ncc(C(=O)O)cc2N)CCC1. The number of hydrogen-bond acceptors (Lipinski definition) is 5. The van der Waals surface area contributed by atoms with Crippen LogP contribution in [0.4, 0.5) is 11.5 Å². The van der Waals surface area contributed by atoms with E-state index < -0.39 is 5.97 Å². The molecule has 0 radical (unpaired) electrons. The van der Waals surface area contributed by atoms with E-state index in [1.165, 1.54) is 18.7 Å². The van der Waals surface area contributed by atoms with Crippen molar-refractivity contribution < 1.29 is 9.90 Å². The van der Waals surface area contributed by atoms with Gasteiger partial charge in [-0.15, -0.1) is 0 Å². The minimum atomic E-state index is -1.02. The molecule has 0 bridgehead atoms. The van der Waals surface area contributed by atoms with Crippen LogP contribution in [0.5, 0.6) is 0 Å². The Labute approximate surface area is 112 Å². The summed E-state index contributed by atoms with van der Waals surface area (Å²) in [5, 5.41) is 12.1. The minimum absolute atomic E-state index is 0.106. The Hall–Kier alpha value is -1.82. The van der Waals surface area contributed by atoms with Crippen LogP contribution in [-0.2, 0) is 0 Å². The maximum Gasteiger partial charge on any atom is 0.337 e. The highest BCUT2D eigenvalue weighted by atomic mass is 16.4. The number of aromatic carboxylic acids is 1. The summed E-state index contributed by atoms with van der Waals surface area (Å²) in [7, 11) is 4.15. The zero-order valence-electron chi connectivity index (χ0n) is 11.3. The van der Waals surface area contributed by atoms with Crippen LogP contribution >= 0.6 is 0 Å². The maximum atomic E-state index is 10.8. The summed E-state index contributed by atoms with van der Waals surface area (Å²) < 4.78 is 0. The first kappa shape index (κ1) is 13.6. The molecule has 0 aliphatic heterocycles. The van der Waals surface area contributed by atoms with Gasteiger partial charge in [0, 0.05) is 18.3 Å². The van der Waals surface area contributed by atoms with Gasteiger partial charge in [0.1, 0.15) is 5.82 Å². The zero-order valence-corrected chi connectivity index (χ0v) is 11.3. The number of carboxylic acids is 1. The van der Waals surface area contributed by atoms with Gasteiger partial charge >= 0.3 is 5.97 Å². The number of nitrogens with two attached hydrogens (primary N) is 1. The first-order valence-electron chi connectivity index (χ1n) is 6.35. The van der Waals surface area contributed by atoms with Crippen LogP contribution in [-0.4, -0.2) is 47.1 Å². The average molecular weight is 264 g/mol. The van der Waals surface area contributed by atoms with Crippen molar-refractivity contribution in [3.63, 3.8) is 0 Å². The molecule has 1 aliphatic rings. The van der Waals surface area contributed by atoms with E-state index in [1.807, 2.05) is 0 Å². The van der Waals surface area contributed by atoms with E-state index >= 15 is 0 Å². The highest BCUT2D eigenvalue weighted by molar-refractivity contribution is 5.89.